The smallest absolute Gasteiger partial charge is 0.163 e. The Kier molecular flexibility index (Phi) is 6.92. The van der Waals surface area contributed by atoms with Crippen LogP contribution in [0.15, 0.2) is 36.5 Å². The molecule has 0 spiro atoms. The van der Waals surface area contributed by atoms with Crippen molar-refractivity contribution in [3.05, 3.63) is 59.0 Å². The van der Waals surface area contributed by atoms with Gasteiger partial charge in [0.25, 0.3) is 0 Å². The molecule has 3 heterocycles. The first kappa shape index (κ1) is 23.8. The van der Waals surface area contributed by atoms with Crippen LogP contribution in [0.2, 0.25) is 0 Å². The molecule has 3 aromatic rings. The molecule has 2 fully saturated rings. The van der Waals surface area contributed by atoms with E-state index in [1.54, 1.807) is 11.8 Å². The Morgan fingerprint density at radius 1 is 1.00 bits per heavy atom. The molecule has 2 saturated carbocycles. The fourth-order valence-electron chi connectivity index (χ4n) is 6.66. The van der Waals surface area contributed by atoms with Gasteiger partial charge in [0.2, 0.25) is 0 Å². The summed E-state index contributed by atoms with van der Waals surface area (Å²) in [6, 6.07) is 9.87. The van der Waals surface area contributed by atoms with Crippen LogP contribution in [-0.2, 0) is 25.9 Å². The molecule has 2 aromatic heterocycles. The normalized spacial score (nSPS) is 22.6. The van der Waals surface area contributed by atoms with Crippen LogP contribution in [0.1, 0.15) is 85.6 Å². The summed E-state index contributed by atoms with van der Waals surface area (Å²) in [5.41, 5.74) is 6.17. The molecule has 0 amide bonds. The molecular weight excluding hydrogens is 444 g/mol. The van der Waals surface area contributed by atoms with Gasteiger partial charge in [-0.05, 0) is 86.9 Å². The summed E-state index contributed by atoms with van der Waals surface area (Å²) in [6.07, 6.45) is 13.7. The lowest BCUT2D eigenvalue weighted by Gasteiger charge is -2.31. The van der Waals surface area contributed by atoms with Gasteiger partial charge in [-0.15, -0.1) is 0 Å². The lowest BCUT2D eigenvalue weighted by Crippen LogP contribution is -2.32. The Morgan fingerprint density at radius 2 is 1.81 bits per heavy atom. The van der Waals surface area contributed by atoms with Crippen molar-refractivity contribution in [1.29, 1.82) is 0 Å². The first-order valence-electron chi connectivity index (χ1n) is 14.3. The van der Waals surface area contributed by atoms with E-state index < -0.39 is 0 Å². The van der Waals surface area contributed by atoms with Crippen molar-refractivity contribution >= 4 is 16.7 Å². The van der Waals surface area contributed by atoms with Crippen LogP contribution >= 0.6 is 0 Å². The van der Waals surface area contributed by atoms with Gasteiger partial charge in [-0.1, -0.05) is 38.0 Å². The predicted molar refractivity (Wildman–Crippen MR) is 144 cm³/mol. The summed E-state index contributed by atoms with van der Waals surface area (Å²) in [4.78, 5) is 20.2. The minimum atomic E-state index is 0.286. The number of Topliss-reactive ketones (excluding diaryl/α,β-unsaturated/α-hetero) is 1. The zero-order valence-corrected chi connectivity index (χ0v) is 21.8. The maximum Gasteiger partial charge on any atom is 0.163 e. The highest BCUT2D eigenvalue weighted by molar-refractivity contribution is 6.07. The number of carbonyl (C=O) groups excluding carboxylic acids is 1. The summed E-state index contributed by atoms with van der Waals surface area (Å²) in [7, 11) is 0. The van der Waals surface area contributed by atoms with E-state index in [9.17, 15) is 4.79 Å². The molecule has 0 bridgehead atoms. The fourth-order valence-corrected chi connectivity index (χ4v) is 6.66. The first-order valence-corrected chi connectivity index (χ1v) is 14.3. The largest absolute Gasteiger partial charge is 0.297 e. The highest BCUT2D eigenvalue weighted by Gasteiger charge is 2.29. The van der Waals surface area contributed by atoms with Gasteiger partial charge < -0.3 is 0 Å². The number of nitrogens with zero attached hydrogens (tertiary/aromatic N) is 4. The molecule has 6 rings (SSSR count). The number of hydrogen-bond acceptors (Lipinski definition) is 4. The molecule has 36 heavy (non-hydrogen) atoms. The molecule has 5 heteroatoms. The molecule has 5 nitrogen and oxygen atoms in total. The van der Waals surface area contributed by atoms with Crippen molar-refractivity contribution in [1.82, 2.24) is 19.7 Å². The molecule has 1 aromatic carbocycles. The number of carbonyl (C=O) groups is 1. The monoisotopic (exact) mass is 484 g/mol. The quantitative estimate of drug-likeness (QED) is 0.338. The number of ketones is 1. The van der Waals surface area contributed by atoms with Gasteiger partial charge in [-0.3, -0.25) is 19.4 Å². The van der Waals surface area contributed by atoms with E-state index in [1.165, 1.54) is 75.8 Å². The molecule has 0 saturated heterocycles. The second-order valence-corrected chi connectivity index (χ2v) is 11.6. The van der Waals surface area contributed by atoms with E-state index in [-0.39, 0.29) is 5.78 Å². The Hall–Kier alpha value is -2.53. The van der Waals surface area contributed by atoms with Gasteiger partial charge in [0.1, 0.15) is 0 Å². The minimum absolute atomic E-state index is 0.286. The Labute approximate surface area is 215 Å². The van der Waals surface area contributed by atoms with Crippen molar-refractivity contribution in [2.24, 2.45) is 17.8 Å². The number of pyridine rings is 1. The number of hydrogen-bond donors (Lipinski definition) is 0. The number of aromatic nitrogens is 3. The van der Waals surface area contributed by atoms with Gasteiger partial charge in [-0.25, -0.2) is 0 Å². The number of rotatable bonds is 9. The van der Waals surface area contributed by atoms with E-state index >= 15 is 0 Å². The third-order valence-electron chi connectivity index (χ3n) is 9.00. The lowest BCUT2D eigenvalue weighted by atomic mass is 9.78. The molecule has 0 atom stereocenters. The van der Waals surface area contributed by atoms with Crippen LogP contribution in [-0.4, -0.2) is 38.5 Å². The van der Waals surface area contributed by atoms with Gasteiger partial charge in [0, 0.05) is 48.9 Å². The number of fused-ring (bicyclic) bond motifs is 2. The van der Waals surface area contributed by atoms with Crippen LogP contribution in [0.5, 0.6) is 0 Å². The maximum absolute atomic E-state index is 13.1. The van der Waals surface area contributed by atoms with Crippen molar-refractivity contribution in [2.75, 3.05) is 13.1 Å². The minimum Gasteiger partial charge on any atom is -0.297 e. The van der Waals surface area contributed by atoms with E-state index in [1.807, 2.05) is 30.3 Å². The third kappa shape index (κ3) is 5.13. The molecular formula is C31H40N4O. The van der Waals surface area contributed by atoms with Gasteiger partial charge in [-0.2, -0.15) is 5.10 Å². The molecule has 190 valence electrons. The average molecular weight is 485 g/mol. The molecule has 2 aliphatic carbocycles. The average Bonchev–Trinajstić information content (AvgIpc) is 3.66. The van der Waals surface area contributed by atoms with Crippen LogP contribution in [0.4, 0.5) is 0 Å². The summed E-state index contributed by atoms with van der Waals surface area (Å²) in [5.74, 6) is 2.50. The van der Waals surface area contributed by atoms with Crippen LogP contribution in [0.3, 0.4) is 0 Å². The lowest BCUT2D eigenvalue weighted by molar-refractivity contribution is 0.0941. The number of benzene rings is 1. The van der Waals surface area contributed by atoms with E-state index in [4.69, 9.17) is 5.10 Å². The predicted octanol–water partition coefficient (Wildman–Crippen LogP) is 6.23. The van der Waals surface area contributed by atoms with E-state index in [0.717, 1.165) is 47.8 Å². The maximum atomic E-state index is 13.1. The van der Waals surface area contributed by atoms with Crippen molar-refractivity contribution in [3.8, 4) is 0 Å². The second-order valence-electron chi connectivity index (χ2n) is 11.6. The van der Waals surface area contributed by atoms with Gasteiger partial charge in [0.15, 0.2) is 5.78 Å². The SMILES string of the molecule is CCc1c2c(nn1CC1CC1)CN(CCC1CCC(CC(=O)c3cccc4ncccc34)CC1)CC2. The Morgan fingerprint density at radius 3 is 2.61 bits per heavy atom. The standard InChI is InChI=1S/C31H40N4O/c1-2-30-27-15-18-34(21-29(27)33-35(30)20-24-12-13-24)17-14-22-8-10-23(11-9-22)19-31(36)26-5-3-7-28-25(26)6-4-16-32-28/h3-7,16,22-24H,2,8-15,17-21H2,1H3. The second kappa shape index (κ2) is 10.5. The van der Waals surface area contributed by atoms with Crippen molar-refractivity contribution in [2.45, 2.75) is 84.2 Å². The van der Waals surface area contributed by atoms with Gasteiger partial charge >= 0.3 is 0 Å². The molecule has 3 aliphatic rings. The fraction of sp³-hybridized carbons (Fsp3) is 0.581. The highest BCUT2D eigenvalue weighted by atomic mass is 16.1. The summed E-state index contributed by atoms with van der Waals surface area (Å²) < 4.78 is 2.35. The summed E-state index contributed by atoms with van der Waals surface area (Å²) in [6.45, 7) is 6.83. The Bertz CT molecular complexity index is 1210. The zero-order chi connectivity index (χ0) is 24.5. The summed E-state index contributed by atoms with van der Waals surface area (Å²) in [5, 5.41) is 6.06. The topological polar surface area (TPSA) is 51.0 Å². The zero-order valence-electron chi connectivity index (χ0n) is 21.8. The van der Waals surface area contributed by atoms with E-state index in [0.29, 0.717) is 12.3 Å². The molecule has 0 N–H and O–H groups in total. The first-order chi connectivity index (χ1) is 17.7. The molecule has 1 aliphatic heterocycles. The van der Waals surface area contributed by atoms with Crippen molar-refractivity contribution < 1.29 is 4.79 Å². The van der Waals surface area contributed by atoms with Crippen LogP contribution in [0.25, 0.3) is 10.9 Å². The van der Waals surface area contributed by atoms with Gasteiger partial charge in [0.05, 0.1) is 11.2 Å². The molecule has 0 unspecified atom stereocenters. The third-order valence-corrected chi connectivity index (χ3v) is 9.00. The van der Waals surface area contributed by atoms with Crippen LogP contribution < -0.4 is 0 Å². The Balaban J connectivity index is 0.979. The van der Waals surface area contributed by atoms with Crippen LogP contribution in [0, 0.1) is 17.8 Å². The van der Waals surface area contributed by atoms with E-state index in [2.05, 4.69) is 21.5 Å². The molecule has 0 radical (unpaired) electrons. The highest BCUT2D eigenvalue weighted by Crippen LogP contribution is 2.35. The summed E-state index contributed by atoms with van der Waals surface area (Å²) >= 11 is 0. The van der Waals surface area contributed by atoms with Crippen molar-refractivity contribution in [3.63, 3.8) is 0 Å².